The van der Waals surface area contributed by atoms with Crippen LogP contribution in [-0.2, 0) is 14.4 Å². The lowest BCUT2D eigenvalue weighted by molar-refractivity contribution is -0.139. The van der Waals surface area contributed by atoms with Crippen LogP contribution in [0.15, 0.2) is 24.3 Å². The van der Waals surface area contributed by atoms with Crippen LogP contribution in [0.25, 0.3) is 0 Å². The molecule has 0 spiro atoms. The average molecular weight is 290 g/mol. The van der Waals surface area contributed by atoms with Gasteiger partial charge in [0.2, 0.25) is 11.8 Å². The third kappa shape index (κ3) is 3.39. The highest BCUT2D eigenvalue weighted by molar-refractivity contribution is 6.01. The molecule has 0 bridgehead atoms. The molecule has 1 aromatic carbocycles. The number of hydrogen-bond acceptors (Lipinski definition) is 3. The minimum absolute atomic E-state index is 0.0966. The number of amides is 2. The normalized spacial score (nSPS) is 16.8. The van der Waals surface area contributed by atoms with Gasteiger partial charge in [-0.15, -0.1) is 0 Å². The maximum absolute atomic E-state index is 12.6. The van der Waals surface area contributed by atoms with Crippen molar-refractivity contribution in [2.75, 3.05) is 18.4 Å². The van der Waals surface area contributed by atoms with E-state index >= 15 is 0 Å². The summed E-state index contributed by atoms with van der Waals surface area (Å²) >= 11 is 0. The van der Waals surface area contributed by atoms with E-state index < -0.39 is 11.9 Å². The number of nitrogens with one attached hydrogen (secondary N) is 1. The van der Waals surface area contributed by atoms with Crippen molar-refractivity contribution in [2.45, 2.75) is 25.7 Å². The molecule has 0 radical (unpaired) electrons. The second kappa shape index (κ2) is 6.39. The van der Waals surface area contributed by atoms with Crippen molar-refractivity contribution in [1.82, 2.24) is 4.90 Å². The van der Waals surface area contributed by atoms with E-state index in [2.05, 4.69) is 5.32 Å². The molecule has 6 nitrogen and oxygen atoms in total. The van der Waals surface area contributed by atoms with Gasteiger partial charge in [-0.1, -0.05) is 18.2 Å². The van der Waals surface area contributed by atoms with E-state index in [0.29, 0.717) is 12.2 Å². The average Bonchev–Trinajstić information content (AvgIpc) is 2.46. The van der Waals surface area contributed by atoms with E-state index in [9.17, 15) is 14.4 Å². The number of anilines is 1. The lowest BCUT2D eigenvalue weighted by atomic mass is 9.89. The largest absolute Gasteiger partial charge is 0.481 e. The lowest BCUT2D eigenvalue weighted by Gasteiger charge is -2.29. The third-order valence-corrected chi connectivity index (χ3v) is 3.59. The Morgan fingerprint density at radius 3 is 2.76 bits per heavy atom. The summed E-state index contributed by atoms with van der Waals surface area (Å²) in [5.41, 5.74) is 1.44. The van der Waals surface area contributed by atoms with Gasteiger partial charge in [0.25, 0.3) is 0 Å². The van der Waals surface area contributed by atoms with E-state index in [-0.39, 0.29) is 31.2 Å². The van der Waals surface area contributed by atoms with Crippen molar-refractivity contribution in [3.63, 3.8) is 0 Å². The highest BCUT2D eigenvalue weighted by atomic mass is 16.4. The van der Waals surface area contributed by atoms with Crippen LogP contribution >= 0.6 is 0 Å². The van der Waals surface area contributed by atoms with Crippen molar-refractivity contribution in [3.8, 4) is 0 Å². The zero-order valence-electron chi connectivity index (χ0n) is 11.8. The topological polar surface area (TPSA) is 86.7 Å². The molecular formula is C15H18N2O4. The molecule has 1 aliphatic rings. The zero-order valence-corrected chi connectivity index (χ0v) is 11.8. The number of likely N-dealkylation sites (N-methyl/N-ethyl adjacent to an activating group) is 1. The standard InChI is InChI=1S/C15H18N2O4/c1-2-17(8-7-14(19)20)15(21)11-9-13(18)16-12-6-4-3-5-10(11)12/h3-6,11H,2,7-9H2,1H3,(H,16,18)(H,19,20). The molecule has 0 fully saturated rings. The highest BCUT2D eigenvalue weighted by Crippen LogP contribution is 2.33. The van der Waals surface area contributed by atoms with Gasteiger partial charge >= 0.3 is 5.97 Å². The molecular weight excluding hydrogens is 272 g/mol. The summed E-state index contributed by atoms with van der Waals surface area (Å²) in [6.45, 7) is 2.38. The molecule has 1 aromatic rings. The molecule has 1 heterocycles. The van der Waals surface area contributed by atoms with Gasteiger partial charge in [-0.25, -0.2) is 0 Å². The van der Waals surface area contributed by atoms with Crippen LogP contribution in [0.3, 0.4) is 0 Å². The minimum atomic E-state index is -0.942. The first-order valence-corrected chi connectivity index (χ1v) is 6.92. The van der Waals surface area contributed by atoms with Crippen LogP contribution < -0.4 is 5.32 Å². The number of aliphatic carboxylic acids is 1. The number of nitrogens with zero attached hydrogens (tertiary/aromatic N) is 1. The van der Waals surface area contributed by atoms with Crippen LogP contribution in [0.1, 0.15) is 31.2 Å². The molecule has 1 atom stereocenters. The van der Waals surface area contributed by atoms with E-state index in [4.69, 9.17) is 5.11 Å². The Morgan fingerprint density at radius 1 is 1.38 bits per heavy atom. The Kier molecular flexibility index (Phi) is 4.57. The van der Waals surface area contributed by atoms with E-state index in [1.165, 1.54) is 4.90 Å². The first-order chi connectivity index (χ1) is 10.0. The molecule has 2 N–H and O–H groups in total. The lowest BCUT2D eigenvalue weighted by Crippen LogP contribution is -2.39. The van der Waals surface area contributed by atoms with E-state index in [1.54, 1.807) is 19.1 Å². The molecule has 0 aliphatic carbocycles. The van der Waals surface area contributed by atoms with E-state index in [1.807, 2.05) is 12.1 Å². The zero-order chi connectivity index (χ0) is 15.4. The number of carboxylic acids is 1. The number of fused-ring (bicyclic) bond motifs is 1. The molecule has 6 heteroatoms. The Bertz CT molecular complexity index is 571. The Balaban J connectivity index is 2.21. The maximum atomic E-state index is 12.6. The van der Waals surface area contributed by atoms with Gasteiger partial charge in [-0.2, -0.15) is 0 Å². The monoisotopic (exact) mass is 290 g/mol. The summed E-state index contributed by atoms with van der Waals surface area (Å²) in [6.07, 6.45) is -0.000435. The number of carbonyl (C=O) groups excluding carboxylic acids is 2. The van der Waals surface area contributed by atoms with Gasteiger partial charge in [-0.05, 0) is 18.6 Å². The Labute approximate surface area is 122 Å². The second-order valence-electron chi connectivity index (χ2n) is 4.95. The summed E-state index contributed by atoms with van der Waals surface area (Å²) < 4.78 is 0. The minimum Gasteiger partial charge on any atom is -0.481 e. The number of carboxylic acid groups (broad SMARTS) is 1. The number of hydrogen-bond donors (Lipinski definition) is 2. The van der Waals surface area contributed by atoms with Crippen LogP contribution in [0, 0.1) is 0 Å². The molecule has 0 saturated heterocycles. The van der Waals surface area contributed by atoms with Crippen molar-refractivity contribution < 1.29 is 19.5 Å². The van der Waals surface area contributed by atoms with Crippen LogP contribution in [0.5, 0.6) is 0 Å². The first kappa shape index (κ1) is 15.0. The summed E-state index contributed by atoms with van der Waals surface area (Å²) in [4.78, 5) is 36.5. The van der Waals surface area contributed by atoms with Crippen LogP contribution in [-0.4, -0.2) is 40.9 Å². The summed E-state index contributed by atoms with van der Waals surface area (Å²) in [7, 11) is 0. The van der Waals surface area contributed by atoms with Crippen LogP contribution in [0.4, 0.5) is 5.69 Å². The SMILES string of the molecule is CCN(CCC(=O)O)C(=O)C1CC(=O)Nc2ccccc21. The van der Waals surface area contributed by atoms with Gasteiger partial charge in [0.1, 0.15) is 0 Å². The van der Waals surface area contributed by atoms with Crippen molar-refractivity contribution in [2.24, 2.45) is 0 Å². The van der Waals surface area contributed by atoms with Gasteiger partial charge in [0.15, 0.2) is 0 Å². The third-order valence-electron chi connectivity index (χ3n) is 3.59. The van der Waals surface area contributed by atoms with Gasteiger partial charge in [0.05, 0.1) is 12.3 Å². The quantitative estimate of drug-likeness (QED) is 0.859. The summed E-state index contributed by atoms with van der Waals surface area (Å²) in [5.74, 6) is -1.87. The molecule has 2 rings (SSSR count). The first-order valence-electron chi connectivity index (χ1n) is 6.92. The van der Waals surface area contributed by atoms with Crippen LogP contribution in [0.2, 0.25) is 0 Å². The number of carbonyl (C=O) groups is 3. The predicted octanol–water partition coefficient (Wildman–Crippen LogP) is 1.44. The van der Waals surface area contributed by atoms with Gasteiger partial charge in [-0.3, -0.25) is 14.4 Å². The number of benzene rings is 1. The van der Waals surface area contributed by atoms with Crippen molar-refractivity contribution in [1.29, 1.82) is 0 Å². The number of rotatable bonds is 5. The molecule has 1 unspecified atom stereocenters. The van der Waals surface area contributed by atoms with Crippen molar-refractivity contribution in [3.05, 3.63) is 29.8 Å². The van der Waals surface area contributed by atoms with Gasteiger partial charge < -0.3 is 15.3 Å². The summed E-state index contributed by atoms with van der Waals surface area (Å²) in [6, 6.07) is 7.21. The predicted molar refractivity (Wildman–Crippen MR) is 76.9 cm³/mol. The smallest absolute Gasteiger partial charge is 0.305 e. The fraction of sp³-hybridized carbons (Fsp3) is 0.400. The molecule has 112 valence electrons. The Hall–Kier alpha value is -2.37. The molecule has 1 aliphatic heterocycles. The van der Waals surface area contributed by atoms with Gasteiger partial charge in [0, 0.05) is 25.2 Å². The highest BCUT2D eigenvalue weighted by Gasteiger charge is 2.32. The number of para-hydroxylation sites is 1. The summed E-state index contributed by atoms with van der Waals surface area (Å²) in [5, 5.41) is 11.5. The Morgan fingerprint density at radius 2 is 2.10 bits per heavy atom. The van der Waals surface area contributed by atoms with E-state index in [0.717, 1.165) is 5.56 Å². The van der Waals surface area contributed by atoms with Crippen molar-refractivity contribution >= 4 is 23.5 Å². The molecule has 2 amide bonds. The molecule has 0 saturated carbocycles. The fourth-order valence-corrected chi connectivity index (χ4v) is 2.51. The fourth-order valence-electron chi connectivity index (χ4n) is 2.51. The molecule has 21 heavy (non-hydrogen) atoms. The maximum Gasteiger partial charge on any atom is 0.305 e. The second-order valence-corrected chi connectivity index (χ2v) is 4.95. The molecule has 0 aromatic heterocycles.